The van der Waals surface area contributed by atoms with Crippen molar-refractivity contribution in [3.05, 3.63) is 47.7 Å². The van der Waals surface area contributed by atoms with Crippen LogP contribution in [0.3, 0.4) is 0 Å². The lowest BCUT2D eigenvalue weighted by molar-refractivity contribution is 0.0305. The van der Waals surface area contributed by atoms with Crippen LogP contribution in [0.4, 0.5) is 0 Å². The molecule has 92 valence electrons. The number of allylic oxidation sites excluding steroid dienone is 1. The molecule has 0 bridgehead atoms. The van der Waals surface area contributed by atoms with Gasteiger partial charge in [0, 0.05) is 5.70 Å². The predicted octanol–water partition coefficient (Wildman–Crippen LogP) is 3.45. The Hall–Kier alpha value is -1.28. The summed E-state index contributed by atoms with van der Waals surface area (Å²) in [4.78, 5) is 5.52. The summed E-state index contributed by atoms with van der Waals surface area (Å²) in [5, 5.41) is 0. The third-order valence-electron chi connectivity index (χ3n) is 2.96. The molecular weight excluding hydrogens is 210 g/mol. The maximum atomic E-state index is 5.52. The van der Waals surface area contributed by atoms with Crippen molar-refractivity contribution in [2.75, 3.05) is 0 Å². The highest BCUT2D eigenvalue weighted by Crippen LogP contribution is 2.18. The van der Waals surface area contributed by atoms with Crippen molar-refractivity contribution in [2.45, 2.75) is 39.2 Å². The van der Waals surface area contributed by atoms with Crippen molar-refractivity contribution in [1.82, 2.24) is 5.48 Å². The zero-order valence-corrected chi connectivity index (χ0v) is 10.6. The van der Waals surface area contributed by atoms with E-state index in [1.165, 1.54) is 11.3 Å². The van der Waals surface area contributed by atoms with E-state index in [0.717, 1.165) is 19.3 Å². The third-order valence-corrected chi connectivity index (χ3v) is 2.96. The van der Waals surface area contributed by atoms with Crippen LogP contribution in [-0.2, 0) is 11.3 Å². The lowest BCUT2D eigenvalue weighted by atomic mass is 10.0. The molecule has 0 fully saturated rings. The number of benzene rings is 1. The van der Waals surface area contributed by atoms with E-state index in [0.29, 0.717) is 5.92 Å². The second-order valence-corrected chi connectivity index (χ2v) is 5.07. The highest BCUT2D eigenvalue weighted by atomic mass is 16.7. The molecule has 0 aliphatic carbocycles. The van der Waals surface area contributed by atoms with E-state index in [-0.39, 0.29) is 6.10 Å². The molecule has 0 saturated heterocycles. The van der Waals surface area contributed by atoms with Gasteiger partial charge in [-0.2, -0.15) is 0 Å². The van der Waals surface area contributed by atoms with E-state index < -0.39 is 0 Å². The van der Waals surface area contributed by atoms with Crippen LogP contribution in [0.2, 0.25) is 0 Å². The molecule has 1 unspecified atom stereocenters. The first kappa shape index (κ1) is 12.2. The van der Waals surface area contributed by atoms with Crippen LogP contribution in [0, 0.1) is 5.92 Å². The second kappa shape index (κ2) is 5.87. The topological polar surface area (TPSA) is 21.3 Å². The van der Waals surface area contributed by atoms with Gasteiger partial charge >= 0.3 is 0 Å². The molecule has 0 spiro atoms. The Labute approximate surface area is 104 Å². The van der Waals surface area contributed by atoms with Crippen molar-refractivity contribution in [2.24, 2.45) is 5.92 Å². The minimum atomic E-state index is 0.251. The van der Waals surface area contributed by atoms with Crippen LogP contribution >= 0.6 is 0 Å². The Morgan fingerprint density at radius 3 is 2.65 bits per heavy atom. The lowest BCUT2D eigenvalue weighted by Crippen LogP contribution is -2.14. The molecule has 2 heteroatoms. The average Bonchev–Trinajstić information content (AvgIpc) is 2.75. The number of rotatable bonds is 5. The van der Waals surface area contributed by atoms with Gasteiger partial charge in [-0.15, -0.1) is 0 Å². The van der Waals surface area contributed by atoms with Crippen molar-refractivity contribution in [3.8, 4) is 0 Å². The van der Waals surface area contributed by atoms with Crippen molar-refractivity contribution in [1.29, 1.82) is 0 Å². The van der Waals surface area contributed by atoms with Crippen molar-refractivity contribution < 1.29 is 4.84 Å². The summed E-state index contributed by atoms with van der Waals surface area (Å²) in [5.74, 6) is 0.673. The third kappa shape index (κ3) is 3.90. The molecule has 2 rings (SSSR count). The van der Waals surface area contributed by atoms with Gasteiger partial charge < -0.3 is 0 Å². The lowest BCUT2D eigenvalue weighted by Gasteiger charge is -2.09. The Morgan fingerprint density at radius 1 is 1.18 bits per heavy atom. The van der Waals surface area contributed by atoms with Gasteiger partial charge in [0.1, 0.15) is 6.10 Å². The Kier molecular flexibility index (Phi) is 4.21. The van der Waals surface area contributed by atoms with Crippen LogP contribution in [-0.4, -0.2) is 6.10 Å². The molecule has 2 nitrogen and oxygen atoms in total. The number of hydrogen-bond acceptors (Lipinski definition) is 2. The summed E-state index contributed by atoms with van der Waals surface area (Å²) in [6.45, 7) is 4.44. The molecule has 0 saturated carbocycles. The largest absolute Gasteiger partial charge is 0.271 e. The number of nitrogens with one attached hydrogen (secondary N) is 1. The Bertz CT molecular complexity index is 370. The van der Waals surface area contributed by atoms with Gasteiger partial charge in [-0.1, -0.05) is 44.2 Å². The summed E-state index contributed by atoms with van der Waals surface area (Å²) < 4.78 is 0. The summed E-state index contributed by atoms with van der Waals surface area (Å²) >= 11 is 0. The Morgan fingerprint density at radius 2 is 1.94 bits per heavy atom. The van der Waals surface area contributed by atoms with E-state index in [1.54, 1.807) is 0 Å². The maximum Gasteiger partial charge on any atom is 0.106 e. The maximum absolute atomic E-state index is 5.52. The molecule has 17 heavy (non-hydrogen) atoms. The molecule has 1 aromatic rings. The van der Waals surface area contributed by atoms with Gasteiger partial charge in [-0.05, 0) is 36.8 Å². The molecule has 1 heterocycles. The molecule has 0 radical (unpaired) electrons. The summed E-state index contributed by atoms with van der Waals surface area (Å²) in [7, 11) is 0. The summed E-state index contributed by atoms with van der Waals surface area (Å²) in [5.41, 5.74) is 5.64. The SMILES string of the molecule is CC(C)CC1C=C(CCc2ccccc2)NO1. The average molecular weight is 231 g/mol. The van der Waals surface area contributed by atoms with Crippen molar-refractivity contribution in [3.63, 3.8) is 0 Å². The van der Waals surface area contributed by atoms with E-state index in [9.17, 15) is 0 Å². The van der Waals surface area contributed by atoms with E-state index in [4.69, 9.17) is 4.84 Å². The monoisotopic (exact) mass is 231 g/mol. The first-order chi connectivity index (χ1) is 8.24. The fourth-order valence-electron chi connectivity index (χ4n) is 2.08. The minimum Gasteiger partial charge on any atom is -0.271 e. The number of hydroxylamine groups is 1. The van der Waals surface area contributed by atoms with Crippen LogP contribution in [0.1, 0.15) is 32.3 Å². The number of hydrogen-bond donors (Lipinski definition) is 1. The molecule has 1 aliphatic heterocycles. The highest BCUT2D eigenvalue weighted by molar-refractivity contribution is 5.17. The van der Waals surface area contributed by atoms with Gasteiger partial charge in [0.25, 0.3) is 0 Å². The molecular formula is C15H21NO. The molecule has 1 aliphatic rings. The fraction of sp³-hybridized carbons (Fsp3) is 0.467. The van der Waals surface area contributed by atoms with E-state index in [2.05, 4.69) is 55.7 Å². The number of aryl methyl sites for hydroxylation is 1. The molecule has 0 amide bonds. The normalized spacial score (nSPS) is 19.2. The van der Waals surface area contributed by atoms with Gasteiger partial charge in [0.15, 0.2) is 0 Å². The van der Waals surface area contributed by atoms with Gasteiger partial charge in [0.05, 0.1) is 0 Å². The van der Waals surface area contributed by atoms with Crippen LogP contribution < -0.4 is 5.48 Å². The first-order valence-corrected chi connectivity index (χ1v) is 6.40. The summed E-state index contributed by atoms with van der Waals surface area (Å²) in [6, 6.07) is 10.6. The van der Waals surface area contributed by atoms with Crippen LogP contribution in [0.5, 0.6) is 0 Å². The van der Waals surface area contributed by atoms with Gasteiger partial charge in [-0.25, -0.2) is 0 Å². The Balaban J connectivity index is 1.81. The quantitative estimate of drug-likeness (QED) is 0.838. The molecule has 0 aromatic heterocycles. The van der Waals surface area contributed by atoms with Gasteiger partial charge in [-0.3, -0.25) is 10.3 Å². The molecule has 1 aromatic carbocycles. The smallest absolute Gasteiger partial charge is 0.106 e. The first-order valence-electron chi connectivity index (χ1n) is 6.40. The van der Waals surface area contributed by atoms with Crippen LogP contribution in [0.15, 0.2) is 42.1 Å². The zero-order valence-electron chi connectivity index (χ0n) is 10.6. The molecule has 1 atom stereocenters. The molecule has 1 N–H and O–H groups in total. The second-order valence-electron chi connectivity index (χ2n) is 5.07. The van der Waals surface area contributed by atoms with Crippen molar-refractivity contribution >= 4 is 0 Å². The zero-order chi connectivity index (χ0) is 12.1. The minimum absolute atomic E-state index is 0.251. The highest BCUT2D eigenvalue weighted by Gasteiger charge is 2.16. The van der Waals surface area contributed by atoms with E-state index >= 15 is 0 Å². The van der Waals surface area contributed by atoms with E-state index in [1.807, 2.05) is 0 Å². The van der Waals surface area contributed by atoms with Crippen LogP contribution in [0.25, 0.3) is 0 Å². The predicted molar refractivity (Wildman–Crippen MR) is 70.3 cm³/mol. The summed E-state index contributed by atoms with van der Waals surface area (Å²) in [6.07, 6.45) is 5.65. The standard InChI is InChI=1S/C15H21NO/c1-12(2)10-15-11-14(16-17-15)9-8-13-6-4-3-5-7-13/h3-7,11-12,15-16H,8-10H2,1-2H3. The van der Waals surface area contributed by atoms with Gasteiger partial charge in [0.2, 0.25) is 0 Å². The fourth-order valence-corrected chi connectivity index (χ4v) is 2.08.